The molecule has 162 valence electrons. The van der Waals surface area contributed by atoms with E-state index in [1.807, 2.05) is 0 Å². The number of aliphatic hydroxyl groups is 1. The first kappa shape index (κ1) is 26.4. The molecule has 0 saturated carbocycles. The van der Waals surface area contributed by atoms with Crippen LogP contribution in [0.25, 0.3) is 0 Å². The smallest absolute Gasteiger partial charge is 0.305 e. The van der Waals surface area contributed by atoms with Crippen molar-refractivity contribution in [3.8, 4) is 0 Å². The molecule has 0 spiro atoms. The van der Waals surface area contributed by atoms with Crippen molar-refractivity contribution < 1.29 is 14.6 Å². The second-order valence-electron chi connectivity index (χ2n) is 8.21. The lowest BCUT2D eigenvalue weighted by Gasteiger charge is -2.09. The Bertz CT molecular complexity index is 304. The first-order chi connectivity index (χ1) is 13.2. The number of hydrogen-bond donors (Lipinski definition) is 1. The maximum atomic E-state index is 11.0. The van der Waals surface area contributed by atoms with Gasteiger partial charge in [0.2, 0.25) is 0 Å². The second-order valence-corrected chi connectivity index (χ2v) is 8.21. The number of ether oxygens (including phenoxy) is 1. The van der Waals surface area contributed by atoms with Crippen LogP contribution < -0.4 is 0 Å². The minimum atomic E-state index is -0.249. The summed E-state index contributed by atoms with van der Waals surface area (Å²) in [5.74, 6) is -0.176. The topological polar surface area (TPSA) is 46.5 Å². The molecule has 0 rings (SSSR count). The Morgan fingerprint density at radius 1 is 0.667 bits per heavy atom. The predicted octanol–water partition coefficient (Wildman–Crippen LogP) is 7.34. The van der Waals surface area contributed by atoms with Crippen LogP contribution in [0.3, 0.4) is 0 Å². The van der Waals surface area contributed by atoms with Crippen LogP contribution in [0.4, 0.5) is 0 Å². The van der Waals surface area contributed by atoms with E-state index in [4.69, 9.17) is 0 Å². The average Bonchev–Trinajstić information content (AvgIpc) is 2.67. The lowest BCUT2D eigenvalue weighted by Crippen LogP contribution is -2.08. The summed E-state index contributed by atoms with van der Waals surface area (Å²) in [7, 11) is 1.41. The van der Waals surface area contributed by atoms with Crippen LogP contribution >= 0.6 is 0 Å². The van der Waals surface area contributed by atoms with Crippen molar-refractivity contribution in [2.45, 2.75) is 141 Å². The fourth-order valence-electron chi connectivity index (χ4n) is 3.66. The van der Waals surface area contributed by atoms with Gasteiger partial charge in [0, 0.05) is 6.42 Å². The standard InChI is InChI=1S/C24H48O3/c1-3-4-5-6-7-8-9-10-11-12-13-14-15-16-17-18-20-23(25)21-19-22-24(26)27-2/h23,25H,3-22H2,1-2H3. The SMILES string of the molecule is CCCCCCCCCCCCCCCCCCC(O)CCCC(=O)OC. The zero-order chi connectivity index (χ0) is 20.0. The molecule has 0 saturated heterocycles. The predicted molar refractivity (Wildman–Crippen MR) is 116 cm³/mol. The summed E-state index contributed by atoms with van der Waals surface area (Å²) in [4.78, 5) is 11.0. The van der Waals surface area contributed by atoms with E-state index in [0.717, 1.165) is 19.3 Å². The van der Waals surface area contributed by atoms with Crippen LogP contribution in [-0.4, -0.2) is 24.3 Å². The van der Waals surface area contributed by atoms with Gasteiger partial charge in [-0.15, -0.1) is 0 Å². The summed E-state index contributed by atoms with van der Waals surface area (Å²) in [5.41, 5.74) is 0. The normalized spacial score (nSPS) is 12.3. The molecule has 0 aliphatic heterocycles. The number of carbonyl (C=O) groups is 1. The van der Waals surface area contributed by atoms with Gasteiger partial charge in [-0.1, -0.05) is 110 Å². The van der Waals surface area contributed by atoms with Crippen LogP contribution in [0, 0.1) is 0 Å². The maximum absolute atomic E-state index is 11.0. The number of esters is 1. The zero-order valence-corrected chi connectivity index (χ0v) is 18.5. The van der Waals surface area contributed by atoms with Crippen LogP contribution in [0.1, 0.15) is 135 Å². The highest BCUT2D eigenvalue weighted by atomic mass is 16.5. The number of unbranched alkanes of at least 4 members (excludes halogenated alkanes) is 15. The molecule has 0 aromatic carbocycles. The quantitative estimate of drug-likeness (QED) is 0.166. The van der Waals surface area contributed by atoms with Gasteiger partial charge in [0.25, 0.3) is 0 Å². The third kappa shape index (κ3) is 21.6. The molecule has 1 unspecified atom stereocenters. The van der Waals surface area contributed by atoms with E-state index in [0.29, 0.717) is 12.8 Å². The van der Waals surface area contributed by atoms with Crippen LogP contribution in [0.5, 0.6) is 0 Å². The van der Waals surface area contributed by atoms with E-state index in [2.05, 4.69) is 11.7 Å². The lowest BCUT2D eigenvalue weighted by molar-refractivity contribution is -0.140. The first-order valence-corrected chi connectivity index (χ1v) is 12.0. The minimum Gasteiger partial charge on any atom is -0.469 e. The molecule has 0 radical (unpaired) electrons. The third-order valence-corrected chi connectivity index (χ3v) is 5.54. The van der Waals surface area contributed by atoms with Crippen molar-refractivity contribution >= 4 is 5.97 Å². The van der Waals surface area contributed by atoms with Crippen molar-refractivity contribution in [1.29, 1.82) is 0 Å². The number of rotatable bonds is 21. The maximum Gasteiger partial charge on any atom is 0.305 e. The van der Waals surface area contributed by atoms with Crippen LogP contribution in [-0.2, 0) is 9.53 Å². The minimum absolute atomic E-state index is 0.176. The zero-order valence-electron chi connectivity index (χ0n) is 18.5. The Labute approximate surface area is 169 Å². The summed E-state index contributed by atoms with van der Waals surface area (Å²) in [6.07, 6.45) is 24.5. The van der Waals surface area contributed by atoms with E-state index >= 15 is 0 Å². The summed E-state index contributed by atoms with van der Waals surface area (Å²) in [5, 5.41) is 9.90. The number of carbonyl (C=O) groups excluding carboxylic acids is 1. The molecular formula is C24H48O3. The number of hydrogen-bond acceptors (Lipinski definition) is 3. The van der Waals surface area contributed by atoms with Gasteiger partial charge in [0.15, 0.2) is 0 Å². The second kappa shape index (κ2) is 21.7. The highest BCUT2D eigenvalue weighted by Gasteiger charge is 2.06. The molecule has 0 heterocycles. The first-order valence-electron chi connectivity index (χ1n) is 12.0. The van der Waals surface area contributed by atoms with Crippen LogP contribution in [0.15, 0.2) is 0 Å². The van der Waals surface area contributed by atoms with E-state index in [9.17, 15) is 9.90 Å². The molecule has 0 bridgehead atoms. The van der Waals surface area contributed by atoms with Gasteiger partial charge in [0.1, 0.15) is 0 Å². The Hall–Kier alpha value is -0.570. The molecule has 1 N–H and O–H groups in total. The molecular weight excluding hydrogens is 336 g/mol. The summed E-state index contributed by atoms with van der Waals surface area (Å²) < 4.78 is 4.61. The van der Waals surface area contributed by atoms with Crippen molar-refractivity contribution in [1.82, 2.24) is 0 Å². The summed E-state index contributed by atoms with van der Waals surface area (Å²) >= 11 is 0. The molecule has 27 heavy (non-hydrogen) atoms. The monoisotopic (exact) mass is 384 g/mol. The Morgan fingerprint density at radius 2 is 1.04 bits per heavy atom. The molecule has 0 aliphatic carbocycles. The lowest BCUT2D eigenvalue weighted by atomic mass is 10.0. The summed E-state index contributed by atoms with van der Waals surface area (Å²) in [6.45, 7) is 2.28. The molecule has 3 nitrogen and oxygen atoms in total. The van der Waals surface area contributed by atoms with E-state index in [-0.39, 0.29) is 12.1 Å². The third-order valence-electron chi connectivity index (χ3n) is 5.54. The molecule has 0 fully saturated rings. The van der Waals surface area contributed by atoms with Crippen molar-refractivity contribution in [3.63, 3.8) is 0 Å². The van der Waals surface area contributed by atoms with Crippen LogP contribution in [0.2, 0.25) is 0 Å². The molecule has 0 aliphatic rings. The number of aliphatic hydroxyl groups excluding tert-OH is 1. The summed E-state index contributed by atoms with van der Waals surface area (Å²) in [6, 6.07) is 0. The fraction of sp³-hybridized carbons (Fsp3) is 0.958. The van der Waals surface area contributed by atoms with Crippen molar-refractivity contribution in [2.24, 2.45) is 0 Å². The molecule has 1 atom stereocenters. The van der Waals surface area contributed by atoms with Gasteiger partial charge in [-0.25, -0.2) is 0 Å². The van der Waals surface area contributed by atoms with Crippen molar-refractivity contribution in [3.05, 3.63) is 0 Å². The van der Waals surface area contributed by atoms with Gasteiger partial charge in [-0.2, -0.15) is 0 Å². The van der Waals surface area contributed by atoms with Crippen molar-refractivity contribution in [2.75, 3.05) is 7.11 Å². The fourth-order valence-corrected chi connectivity index (χ4v) is 3.66. The Kier molecular flexibility index (Phi) is 21.3. The van der Waals surface area contributed by atoms with E-state index < -0.39 is 0 Å². The highest BCUT2D eigenvalue weighted by Crippen LogP contribution is 2.15. The average molecular weight is 385 g/mol. The Balaban J connectivity index is 3.13. The van der Waals surface area contributed by atoms with Gasteiger partial charge < -0.3 is 9.84 Å². The van der Waals surface area contributed by atoms with E-state index in [1.165, 1.54) is 103 Å². The molecule has 0 aromatic heterocycles. The molecule has 3 heteroatoms. The largest absolute Gasteiger partial charge is 0.469 e. The molecule has 0 amide bonds. The Morgan fingerprint density at radius 3 is 1.44 bits per heavy atom. The van der Waals surface area contributed by atoms with Gasteiger partial charge in [-0.05, 0) is 19.3 Å². The highest BCUT2D eigenvalue weighted by molar-refractivity contribution is 5.68. The number of methoxy groups -OCH3 is 1. The van der Waals surface area contributed by atoms with E-state index in [1.54, 1.807) is 0 Å². The van der Waals surface area contributed by atoms with Gasteiger partial charge in [-0.3, -0.25) is 4.79 Å². The molecule has 0 aromatic rings. The van der Waals surface area contributed by atoms with Gasteiger partial charge >= 0.3 is 5.97 Å². The van der Waals surface area contributed by atoms with Gasteiger partial charge in [0.05, 0.1) is 13.2 Å².